The lowest BCUT2D eigenvalue weighted by Gasteiger charge is -2.08. The summed E-state index contributed by atoms with van der Waals surface area (Å²) in [7, 11) is -6.09. The van der Waals surface area contributed by atoms with E-state index in [4.69, 9.17) is 13.0 Å². The van der Waals surface area contributed by atoms with Gasteiger partial charge in [0, 0.05) is 6.42 Å². The van der Waals surface area contributed by atoms with E-state index in [9.17, 15) is 13.2 Å². The molecule has 0 atom stereocenters. The summed E-state index contributed by atoms with van der Waals surface area (Å²) in [4.78, 5) is 0. The summed E-state index contributed by atoms with van der Waals surface area (Å²) < 4.78 is 63.6. The quantitative estimate of drug-likeness (QED) is 0.224. The minimum Gasteiger partial charge on any atom is -0.741 e. The lowest BCUT2D eigenvalue weighted by atomic mass is 10.3. The molecule has 0 aliphatic rings. The number of rotatable bonds is 3. The number of alkyl halides is 3. The lowest BCUT2D eigenvalue weighted by Crippen LogP contribution is -3.59. The van der Waals surface area contributed by atoms with Crippen molar-refractivity contribution < 1.29 is 47.3 Å². The number of benzene rings is 1. The summed E-state index contributed by atoms with van der Waals surface area (Å²) in [5, 5.41) is 0. The largest absolute Gasteiger partial charge is 0.741 e. The van der Waals surface area contributed by atoms with Crippen LogP contribution in [0.2, 0.25) is 0 Å². The average molecular weight is 434 g/mol. The first-order chi connectivity index (χ1) is 9.68. The molecule has 8 heteroatoms. The van der Waals surface area contributed by atoms with Crippen LogP contribution in [0.25, 0.3) is 0 Å². The first-order valence-electron chi connectivity index (χ1n) is 5.87. The molecule has 0 bridgehead atoms. The van der Waals surface area contributed by atoms with Gasteiger partial charge in [0.15, 0.2) is 14.0 Å². The molecule has 118 valence electrons. The smallest absolute Gasteiger partial charge is 0.485 e. The molecule has 0 amide bonds. The van der Waals surface area contributed by atoms with Gasteiger partial charge in [0.2, 0.25) is 3.57 Å². The highest BCUT2D eigenvalue weighted by atomic mass is 127. The highest BCUT2D eigenvalue weighted by Crippen LogP contribution is 2.20. The molecule has 0 aliphatic heterocycles. The summed E-state index contributed by atoms with van der Waals surface area (Å²) in [6.45, 7) is 2.20. The number of unbranched alkanes of at least 4 members (excludes halogenated alkanes) is 2. The van der Waals surface area contributed by atoms with Crippen molar-refractivity contribution in [2.24, 2.45) is 0 Å². The summed E-state index contributed by atoms with van der Waals surface area (Å²) >= 11 is -0.0522. The van der Waals surface area contributed by atoms with Crippen LogP contribution in [0.15, 0.2) is 30.3 Å². The van der Waals surface area contributed by atoms with Gasteiger partial charge in [0.1, 0.15) is 0 Å². The molecule has 0 heterocycles. The molecule has 1 aromatic rings. The van der Waals surface area contributed by atoms with Crippen molar-refractivity contribution in [2.45, 2.75) is 31.7 Å². The molecule has 0 aliphatic carbocycles. The summed E-state index contributed by atoms with van der Waals surface area (Å²) in [5.41, 5.74) is -5.65. The third kappa shape index (κ3) is 10.6. The Morgan fingerprint density at radius 1 is 1.24 bits per heavy atom. The molecular formula is C13H14F3IO3S. The fourth-order valence-corrected chi connectivity index (χ4v) is 2.42. The lowest BCUT2D eigenvalue weighted by molar-refractivity contribution is -0.535. The summed E-state index contributed by atoms with van der Waals surface area (Å²) in [6.07, 6.45) is 3.56. The number of halogens is 4. The van der Waals surface area contributed by atoms with Crippen LogP contribution in [0, 0.1) is 13.4 Å². The van der Waals surface area contributed by atoms with Crippen LogP contribution in [0.4, 0.5) is 13.2 Å². The molecule has 0 aromatic heterocycles. The van der Waals surface area contributed by atoms with Gasteiger partial charge >= 0.3 is 26.7 Å². The molecule has 0 N–H and O–H groups in total. The predicted molar refractivity (Wildman–Crippen MR) is 68.2 cm³/mol. The van der Waals surface area contributed by atoms with Crippen LogP contribution in [0.1, 0.15) is 26.2 Å². The van der Waals surface area contributed by atoms with Gasteiger partial charge in [-0.3, -0.25) is 0 Å². The zero-order valence-electron chi connectivity index (χ0n) is 11.2. The SMILES string of the molecule is CCCCC#C[I+]c1ccccc1.O=S(=O)([O-])C(F)(F)F. The Labute approximate surface area is 133 Å². The van der Waals surface area contributed by atoms with Crippen molar-refractivity contribution in [1.82, 2.24) is 0 Å². The van der Waals surface area contributed by atoms with E-state index in [1.165, 1.54) is 16.4 Å². The number of hydrogen-bond acceptors (Lipinski definition) is 3. The van der Waals surface area contributed by atoms with Gasteiger partial charge in [-0.15, -0.1) is 0 Å². The van der Waals surface area contributed by atoms with Gasteiger partial charge in [-0.05, 0) is 24.5 Å². The molecule has 3 nitrogen and oxygen atoms in total. The first-order valence-corrected chi connectivity index (χ1v) is 9.44. The minimum absolute atomic E-state index is 0.0522. The maximum Gasteiger partial charge on any atom is 0.485 e. The Balaban J connectivity index is 0.000000433. The Morgan fingerprint density at radius 2 is 1.76 bits per heavy atom. The summed E-state index contributed by atoms with van der Waals surface area (Å²) in [6, 6.07) is 10.6. The van der Waals surface area contributed by atoms with E-state index in [2.05, 4.69) is 47.1 Å². The normalized spacial score (nSPS) is 10.9. The van der Waals surface area contributed by atoms with Crippen LogP contribution in [-0.2, 0) is 10.1 Å². The van der Waals surface area contributed by atoms with Gasteiger partial charge in [0.05, 0.1) is 0 Å². The standard InChI is InChI=1S/C12H14I.CHF3O3S/c1-2-3-4-8-11-13-12-9-6-5-7-10-12;2-1(3,4)8(5,6)7/h5-7,9-10H,2-4H2,1H3;(H,5,6,7)/q+1;/p-1. The van der Waals surface area contributed by atoms with Crippen molar-refractivity contribution in [2.75, 3.05) is 0 Å². The molecule has 0 unspecified atom stereocenters. The fourth-order valence-electron chi connectivity index (χ4n) is 0.878. The Morgan fingerprint density at radius 3 is 2.19 bits per heavy atom. The highest BCUT2D eigenvalue weighted by Gasteiger charge is 2.36. The molecule has 0 radical (unpaired) electrons. The molecule has 0 fully saturated rings. The van der Waals surface area contributed by atoms with Crippen molar-refractivity contribution in [1.29, 1.82) is 0 Å². The van der Waals surface area contributed by atoms with Gasteiger partial charge < -0.3 is 4.55 Å². The van der Waals surface area contributed by atoms with Crippen molar-refractivity contribution in [3.63, 3.8) is 0 Å². The molecular weight excluding hydrogens is 420 g/mol. The second kappa shape index (κ2) is 10.0. The van der Waals surface area contributed by atoms with E-state index in [0.29, 0.717) is 0 Å². The van der Waals surface area contributed by atoms with Gasteiger partial charge in [-0.25, -0.2) is 8.42 Å². The van der Waals surface area contributed by atoms with Gasteiger partial charge in [0.25, 0.3) is 0 Å². The zero-order valence-corrected chi connectivity index (χ0v) is 14.1. The van der Waals surface area contributed by atoms with Crippen LogP contribution < -0.4 is 21.2 Å². The first kappa shape index (κ1) is 20.2. The van der Waals surface area contributed by atoms with E-state index in [0.717, 1.165) is 6.42 Å². The molecule has 0 saturated carbocycles. The molecule has 0 saturated heterocycles. The van der Waals surface area contributed by atoms with E-state index >= 15 is 0 Å². The Hall–Kier alpha value is -0.790. The molecule has 1 rings (SSSR count). The number of hydrogen-bond donors (Lipinski definition) is 0. The van der Waals surface area contributed by atoms with Crippen LogP contribution in [-0.4, -0.2) is 18.5 Å². The topological polar surface area (TPSA) is 57.2 Å². The van der Waals surface area contributed by atoms with E-state index in [1.54, 1.807) is 0 Å². The van der Waals surface area contributed by atoms with E-state index in [-0.39, 0.29) is 21.2 Å². The predicted octanol–water partition coefficient (Wildman–Crippen LogP) is 0.148. The van der Waals surface area contributed by atoms with Gasteiger partial charge in [-0.1, -0.05) is 31.5 Å². The highest BCUT2D eigenvalue weighted by molar-refractivity contribution is 7.86. The summed E-state index contributed by atoms with van der Waals surface area (Å²) in [5.74, 6) is 3.23. The van der Waals surface area contributed by atoms with Crippen LogP contribution in [0.5, 0.6) is 0 Å². The molecule has 1 aromatic carbocycles. The van der Waals surface area contributed by atoms with Gasteiger partial charge in [-0.2, -0.15) is 13.2 Å². The minimum atomic E-state index is -6.09. The average Bonchev–Trinajstić information content (AvgIpc) is 2.38. The van der Waals surface area contributed by atoms with Crippen LogP contribution >= 0.6 is 0 Å². The van der Waals surface area contributed by atoms with Crippen molar-refractivity contribution in [3.8, 4) is 9.85 Å². The Bertz CT molecular complexity index is 560. The second-order valence-electron chi connectivity index (χ2n) is 3.66. The third-order valence-electron chi connectivity index (χ3n) is 1.90. The van der Waals surface area contributed by atoms with E-state index < -0.39 is 15.6 Å². The van der Waals surface area contributed by atoms with Crippen molar-refractivity contribution >= 4 is 10.1 Å². The van der Waals surface area contributed by atoms with E-state index in [1.807, 2.05) is 0 Å². The fraction of sp³-hybridized carbons (Fsp3) is 0.385. The molecule has 0 spiro atoms. The second-order valence-corrected chi connectivity index (χ2v) is 7.36. The maximum atomic E-state index is 10.7. The van der Waals surface area contributed by atoms with Crippen LogP contribution in [0.3, 0.4) is 0 Å². The Kier molecular flexibility index (Phi) is 9.65. The third-order valence-corrected chi connectivity index (χ3v) is 4.46. The monoisotopic (exact) mass is 434 g/mol. The maximum absolute atomic E-state index is 10.7. The van der Waals surface area contributed by atoms with Crippen molar-refractivity contribution in [3.05, 3.63) is 33.9 Å². The molecule has 21 heavy (non-hydrogen) atoms. The zero-order chi connectivity index (χ0) is 16.4.